The van der Waals surface area contributed by atoms with E-state index in [1.165, 1.54) is 4.31 Å². The summed E-state index contributed by atoms with van der Waals surface area (Å²) in [5.74, 6) is 0.531. The summed E-state index contributed by atoms with van der Waals surface area (Å²) in [6.07, 6.45) is 3.15. The van der Waals surface area contributed by atoms with Gasteiger partial charge >= 0.3 is 0 Å². The highest BCUT2D eigenvalue weighted by Crippen LogP contribution is 2.28. The minimum absolute atomic E-state index is 0.105. The van der Waals surface area contributed by atoms with E-state index in [1.54, 1.807) is 62.5 Å². The van der Waals surface area contributed by atoms with E-state index in [1.807, 2.05) is 0 Å². The van der Waals surface area contributed by atoms with Crippen LogP contribution in [0.1, 0.15) is 21.5 Å². The molecule has 1 aromatic heterocycles. The second kappa shape index (κ2) is 7.66. The van der Waals surface area contributed by atoms with Crippen LogP contribution in [0.2, 0.25) is 0 Å². The Morgan fingerprint density at radius 3 is 2.11 bits per heavy atom. The zero-order valence-corrected chi connectivity index (χ0v) is 16.5. The number of aromatic nitrogens is 1. The zero-order chi connectivity index (χ0) is 19.6. The highest BCUT2D eigenvalue weighted by molar-refractivity contribution is 7.89. The molecule has 0 aliphatic carbocycles. The monoisotopic (exact) mass is 389 g/mol. The third kappa shape index (κ3) is 3.81. The van der Waals surface area contributed by atoms with Crippen molar-refractivity contribution < 1.29 is 17.9 Å². The van der Waals surface area contributed by atoms with Crippen molar-refractivity contribution in [1.29, 1.82) is 0 Å². The van der Waals surface area contributed by atoms with E-state index in [2.05, 4.69) is 4.98 Å². The Morgan fingerprint density at radius 1 is 1.04 bits per heavy atom. The molecule has 1 fully saturated rings. The average molecular weight is 389 g/mol. The standard InChI is InChI=1S/C19H23N3O4S/c1-14-12-17(26-3)13-15(2)18(14)27(24,25)22-10-8-21(9-11-22)19(23)16-4-6-20-7-5-16/h4-7,12-13H,8-11H2,1-3H3. The normalized spacial score (nSPS) is 15.6. The topological polar surface area (TPSA) is 79.8 Å². The van der Waals surface area contributed by atoms with E-state index in [0.29, 0.717) is 40.4 Å². The van der Waals surface area contributed by atoms with Crippen LogP contribution < -0.4 is 4.74 Å². The summed E-state index contributed by atoms with van der Waals surface area (Å²) in [5.41, 5.74) is 1.87. The Balaban J connectivity index is 1.77. The summed E-state index contributed by atoms with van der Waals surface area (Å²) >= 11 is 0. The number of carbonyl (C=O) groups excluding carboxylic acids is 1. The molecule has 7 nitrogen and oxygen atoms in total. The van der Waals surface area contributed by atoms with Gasteiger partial charge in [-0.05, 0) is 49.2 Å². The molecule has 0 N–H and O–H groups in total. The summed E-state index contributed by atoms with van der Waals surface area (Å²) in [6.45, 7) is 4.79. The smallest absolute Gasteiger partial charge is 0.254 e. The van der Waals surface area contributed by atoms with E-state index in [-0.39, 0.29) is 19.0 Å². The third-order valence-corrected chi connectivity index (χ3v) is 6.93. The van der Waals surface area contributed by atoms with Crippen molar-refractivity contribution in [2.24, 2.45) is 0 Å². The van der Waals surface area contributed by atoms with E-state index in [4.69, 9.17) is 4.74 Å². The quantitative estimate of drug-likeness (QED) is 0.797. The van der Waals surface area contributed by atoms with E-state index < -0.39 is 10.0 Å². The average Bonchev–Trinajstić information content (AvgIpc) is 2.67. The lowest BCUT2D eigenvalue weighted by Crippen LogP contribution is -2.50. The minimum atomic E-state index is -3.63. The molecule has 2 aromatic rings. The number of piperazine rings is 1. The number of amides is 1. The molecule has 3 rings (SSSR count). The Bertz CT molecular complexity index is 914. The number of sulfonamides is 1. The second-order valence-corrected chi connectivity index (χ2v) is 8.40. The first-order valence-corrected chi connectivity index (χ1v) is 10.1. The highest BCUT2D eigenvalue weighted by Gasteiger charge is 2.32. The van der Waals surface area contributed by atoms with Crippen molar-refractivity contribution in [1.82, 2.24) is 14.2 Å². The lowest BCUT2D eigenvalue weighted by molar-refractivity contribution is 0.0697. The van der Waals surface area contributed by atoms with Gasteiger partial charge in [-0.1, -0.05) is 0 Å². The Morgan fingerprint density at radius 2 is 1.59 bits per heavy atom. The van der Waals surface area contributed by atoms with Gasteiger partial charge in [0.1, 0.15) is 5.75 Å². The fourth-order valence-corrected chi connectivity index (χ4v) is 5.21. The molecule has 0 unspecified atom stereocenters. The maximum atomic E-state index is 13.1. The first-order chi connectivity index (χ1) is 12.8. The van der Waals surface area contributed by atoms with Gasteiger partial charge in [-0.25, -0.2) is 8.42 Å². The molecule has 0 radical (unpaired) electrons. The van der Waals surface area contributed by atoms with Gasteiger partial charge in [0.25, 0.3) is 5.91 Å². The molecule has 1 aliphatic heterocycles. The predicted octanol–water partition coefficient (Wildman–Crippen LogP) is 1.85. The van der Waals surface area contributed by atoms with Gasteiger partial charge in [0.2, 0.25) is 10.0 Å². The van der Waals surface area contributed by atoms with Crippen LogP contribution in [-0.4, -0.2) is 61.8 Å². The molecular weight excluding hydrogens is 366 g/mol. The molecule has 27 heavy (non-hydrogen) atoms. The molecule has 0 saturated carbocycles. The summed E-state index contributed by atoms with van der Waals surface area (Å²) in [5, 5.41) is 0. The molecule has 0 spiro atoms. The van der Waals surface area contributed by atoms with Gasteiger partial charge in [0.15, 0.2) is 0 Å². The van der Waals surface area contributed by atoms with Gasteiger partial charge in [-0.2, -0.15) is 4.31 Å². The maximum absolute atomic E-state index is 13.1. The molecular formula is C19H23N3O4S. The van der Waals surface area contributed by atoms with Crippen LogP contribution in [0.5, 0.6) is 5.75 Å². The van der Waals surface area contributed by atoms with Crippen LogP contribution in [0.4, 0.5) is 0 Å². The number of nitrogens with zero attached hydrogens (tertiary/aromatic N) is 3. The lowest BCUT2D eigenvalue weighted by Gasteiger charge is -2.34. The minimum Gasteiger partial charge on any atom is -0.497 e. The van der Waals surface area contributed by atoms with Gasteiger partial charge < -0.3 is 9.64 Å². The predicted molar refractivity (Wildman–Crippen MR) is 101 cm³/mol. The Labute approximate surface area is 159 Å². The Hall–Kier alpha value is -2.45. The second-order valence-electron chi connectivity index (χ2n) is 6.52. The maximum Gasteiger partial charge on any atom is 0.254 e. The number of hydrogen-bond acceptors (Lipinski definition) is 5. The van der Waals surface area contributed by atoms with Gasteiger partial charge in [0.05, 0.1) is 12.0 Å². The molecule has 0 atom stereocenters. The van der Waals surface area contributed by atoms with Crippen LogP contribution in [0.15, 0.2) is 41.6 Å². The van der Waals surface area contributed by atoms with Crippen LogP contribution in [0.25, 0.3) is 0 Å². The molecule has 1 aromatic carbocycles. The SMILES string of the molecule is COc1cc(C)c(S(=O)(=O)N2CCN(C(=O)c3ccncc3)CC2)c(C)c1. The summed E-state index contributed by atoms with van der Waals surface area (Å²) < 4.78 is 33.0. The largest absolute Gasteiger partial charge is 0.497 e. The van der Waals surface area contributed by atoms with Crippen molar-refractivity contribution in [2.75, 3.05) is 33.3 Å². The molecule has 144 valence electrons. The first-order valence-electron chi connectivity index (χ1n) is 8.69. The van der Waals surface area contributed by atoms with Crippen molar-refractivity contribution in [3.8, 4) is 5.75 Å². The van der Waals surface area contributed by atoms with Gasteiger partial charge in [-0.15, -0.1) is 0 Å². The fraction of sp³-hybridized carbons (Fsp3) is 0.368. The third-order valence-electron chi connectivity index (χ3n) is 4.72. The van der Waals surface area contributed by atoms with Gasteiger partial charge in [0, 0.05) is 44.1 Å². The summed E-state index contributed by atoms with van der Waals surface area (Å²) in [7, 11) is -2.08. The van der Waals surface area contributed by atoms with E-state index in [9.17, 15) is 13.2 Å². The zero-order valence-electron chi connectivity index (χ0n) is 15.7. The van der Waals surface area contributed by atoms with Crippen molar-refractivity contribution in [2.45, 2.75) is 18.7 Å². The number of aryl methyl sites for hydroxylation is 2. The number of benzene rings is 1. The molecule has 1 aliphatic rings. The highest BCUT2D eigenvalue weighted by atomic mass is 32.2. The van der Waals surface area contributed by atoms with Crippen molar-refractivity contribution in [3.63, 3.8) is 0 Å². The number of methoxy groups -OCH3 is 1. The number of rotatable bonds is 4. The van der Waals surface area contributed by atoms with Crippen LogP contribution in [0.3, 0.4) is 0 Å². The summed E-state index contributed by atoms with van der Waals surface area (Å²) in [4.78, 5) is 18.4. The fourth-order valence-electron chi connectivity index (χ4n) is 3.37. The van der Waals surface area contributed by atoms with Crippen molar-refractivity contribution >= 4 is 15.9 Å². The summed E-state index contributed by atoms with van der Waals surface area (Å²) in [6, 6.07) is 6.78. The van der Waals surface area contributed by atoms with E-state index >= 15 is 0 Å². The van der Waals surface area contributed by atoms with Crippen LogP contribution in [0, 0.1) is 13.8 Å². The molecule has 8 heteroatoms. The number of ether oxygens (including phenoxy) is 1. The Kier molecular flexibility index (Phi) is 5.48. The molecule has 1 amide bonds. The van der Waals surface area contributed by atoms with Gasteiger partial charge in [-0.3, -0.25) is 9.78 Å². The first kappa shape index (κ1) is 19.3. The van der Waals surface area contributed by atoms with Crippen LogP contribution in [-0.2, 0) is 10.0 Å². The molecule has 1 saturated heterocycles. The molecule has 0 bridgehead atoms. The lowest BCUT2D eigenvalue weighted by atomic mass is 10.1. The van der Waals surface area contributed by atoms with Crippen molar-refractivity contribution in [3.05, 3.63) is 53.3 Å². The van der Waals surface area contributed by atoms with Crippen LogP contribution >= 0.6 is 0 Å². The number of pyridine rings is 1. The number of hydrogen-bond donors (Lipinski definition) is 0. The molecule has 2 heterocycles. The number of carbonyl (C=O) groups is 1. The van der Waals surface area contributed by atoms with E-state index in [0.717, 1.165) is 0 Å².